The predicted molar refractivity (Wildman–Crippen MR) is 96.0 cm³/mol. The Bertz CT molecular complexity index is 766. The van der Waals surface area contributed by atoms with E-state index in [2.05, 4.69) is 10.1 Å². The number of carbonyl (C=O) groups excluding carboxylic acids is 3. The number of nitrogens with one attached hydrogen (secondary N) is 1. The summed E-state index contributed by atoms with van der Waals surface area (Å²) < 4.78 is 45.7. The van der Waals surface area contributed by atoms with Crippen LogP contribution in [0.5, 0.6) is 5.75 Å². The minimum absolute atomic E-state index is 0.0869. The Morgan fingerprint density at radius 2 is 1.93 bits per heavy atom. The number of amides is 2. The van der Waals surface area contributed by atoms with Crippen LogP contribution in [0.3, 0.4) is 0 Å². The van der Waals surface area contributed by atoms with Crippen molar-refractivity contribution in [1.29, 1.82) is 0 Å². The Morgan fingerprint density at radius 3 is 2.52 bits per heavy atom. The van der Waals surface area contributed by atoms with Gasteiger partial charge in [-0.2, -0.15) is 0 Å². The fourth-order valence-electron chi connectivity index (χ4n) is 3.16. The highest BCUT2D eigenvalue weighted by molar-refractivity contribution is 5.98. The molecule has 0 saturated carbocycles. The lowest BCUT2D eigenvalue weighted by Crippen LogP contribution is -2.53. The number of nitrogens with zero attached hydrogens (tertiary/aromatic N) is 1. The van der Waals surface area contributed by atoms with Gasteiger partial charge in [0, 0.05) is 12.1 Å². The third kappa shape index (κ3) is 5.85. The van der Waals surface area contributed by atoms with Crippen LogP contribution in [-0.4, -0.2) is 54.8 Å². The maximum atomic E-state index is 13.0. The number of hydrogen-bond acceptors (Lipinski definition) is 5. The number of halogens is 3. The monoisotopic (exact) mass is 416 g/mol. The Balaban J connectivity index is 2.16. The predicted octanol–water partition coefficient (Wildman–Crippen LogP) is 2.50. The zero-order valence-corrected chi connectivity index (χ0v) is 16.3. The second-order valence-electron chi connectivity index (χ2n) is 6.98. The number of likely N-dealkylation sites (tertiary alicyclic amines) is 1. The molecule has 1 N–H and O–H groups in total. The van der Waals surface area contributed by atoms with E-state index in [1.165, 1.54) is 24.1 Å². The zero-order chi connectivity index (χ0) is 21.8. The second-order valence-corrected chi connectivity index (χ2v) is 6.98. The van der Waals surface area contributed by atoms with E-state index in [1.807, 2.05) is 0 Å². The third-order valence-corrected chi connectivity index (χ3v) is 4.56. The lowest BCUT2D eigenvalue weighted by atomic mass is 10.0. The van der Waals surface area contributed by atoms with Crippen molar-refractivity contribution in [3.8, 4) is 5.75 Å². The number of hydrogen-bond donors (Lipinski definition) is 1. The van der Waals surface area contributed by atoms with E-state index in [1.54, 1.807) is 13.8 Å². The molecule has 2 amide bonds. The van der Waals surface area contributed by atoms with E-state index in [-0.39, 0.29) is 11.5 Å². The molecule has 1 fully saturated rings. The van der Waals surface area contributed by atoms with Crippen molar-refractivity contribution in [2.75, 3.05) is 13.7 Å². The van der Waals surface area contributed by atoms with Gasteiger partial charge < -0.3 is 19.7 Å². The molecule has 1 heterocycles. The average Bonchev–Trinajstić information content (AvgIpc) is 3.13. The van der Waals surface area contributed by atoms with Gasteiger partial charge in [0.25, 0.3) is 5.91 Å². The van der Waals surface area contributed by atoms with E-state index in [9.17, 15) is 27.6 Å². The van der Waals surface area contributed by atoms with Gasteiger partial charge in [-0.1, -0.05) is 19.9 Å². The summed E-state index contributed by atoms with van der Waals surface area (Å²) in [5.41, 5.74) is -0.0869. The molecule has 2 atom stereocenters. The van der Waals surface area contributed by atoms with E-state index in [4.69, 9.17) is 4.74 Å². The fourth-order valence-corrected chi connectivity index (χ4v) is 3.16. The summed E-state index contributed by atoms with van der Waals surface area (Å²) in [6, 6.07) is 2.90. The quantitative estimate of drug-likeness (QED) is 0.721. The fraction of sp³-hybridized carbons (Fsp3) is 0.526. The lowest BCUT2D eigenvalue weighted by molar-refractivity contribution is -0.274. The first kappa shape index (κ1) is 22.5. The molecule has 0 aromatic heterocycles. The molecule has 1 aromatic rings. The van der Waals surface area contributed by atoms with Crippen LogP contribution < -0.4 is 10.1 Å². The summed E-state index contributed by atoms with van der Waals surface area (Å²) in [4.78, 5) is 38.8. The second kappa shape index (κ2) is 9.15. The Kier molecular flexibility index (Phi) is 7.10. The summed E-state index contributed by atoms with van der Waals surface area (Å²) in [7, 11) is 1.24. The molecule has 0 bridgehead atoms. The first-order chi connectivity index (χ1) is 13.5. The highest BCUT2D eigenvalue weighted by Crippen LogP contribution is 2.24. The van der Waals surface area contributed by atoms with Gasteiger partial charge in [0.15, 0.2) is 0 Å². The largest absolute Gasteiger partial charge is 0.573 e. The summed E-state index contributed by atoms with van der Waals surface area (Å²) in [5.74, 6) is -2.55. The Hall–Kier alpha value is -2.78. The Labute approximate surface area is 166 Å². The van der Waals surface area contributed by atoms with Gasteiger partial charge >= 0.3 is 12.3 Å². The zero-order valence-electron chi connectivity index (χ0n) is 16.3. The maximum absolute atomic E-state index is 13.0. The van der Waals surface area contributed by atoms with Crippen LogP contribution in [0.2, 0.25) is 0 Å². The standard InChI is InChI=1S/C19H23F3N2O5/c1-11(2)15(17(26)24-9-5-8-14(24)18(27)28-3)23-16(25)12-6-4-7-13(10-12)29-19(20,21)22/h4,6-7,10-11,14-15H,5,8-9H2,1-3H3,(H,23,25)/t14-,15-/m0/s1. The van der Waals surface area contributed by atoms with Crippen LogP contribution in [0.25, 0.3) is 0 Å². The molecule has 10 heteroatoms. The number of esters is 1. The van der Waals surface area contributed by atoms with Crippen molar-refractivity contribution in [2.45, 2.75) is 45.1 Å². The number of methoxy groups -OCH3 is 1. The number of benzene rings is 1. The first-order valence-corrected chi connectivity index (χ1v) is 9.08. The summed E-state index contributed by atoms with van der Waals surface area (Å²) in [5, 5.41) is 2.56. The normalized spacial score (nSPS) is 17.8. The van der Waals surface area contributed by atoms with Crippen molar-refractivity contribution in [3.05, 3.63) is 29.8 Å². The van der Waals surface area contributed by atoms with E-state index in [0.29, 0.717) is 19.4 Å². The van der Waals surface area contributed by atoms with Crippen molar-refractivity contribution in [1.82, 2.24) is 10.2 Å². The number of alkyl halides is 3. The van der Waals surface area contributed by atoms with E-state index >= 15 is 0 Å². The molecule has 29 heavy (non-hydrogen) atoms. The molecule has 0 aliphatic carbocycles. The molecule has 1 aliphatic rings. The molecule has 2 rings (SSSR count). The highest BCUT2D eigenvalue weighted by atomic mass is 19.4. The van der Waals surface area contributed by atoms with Crippen molar-refractivity contribution >= 4 is 17.8 Å². The van der Waals surface area contributed by atoms with Crippen LogP contribution in [0, 0.1) is 5.92 Å². The minimum atomic E-state index is -4.88. The van der Waals surface area contributed by atoms with Crippen LogP contribution in [0.15, 0.2) is 24.3 Å². The third-order valence-electron chi connectivity index (χ3n) is 4.56. The van der Waals surface area contributed by atoms with Crippen LogP contribution in [0.4, 0.5) is 13.2 Å². The molecule has 1 aliphatic heterocycles. The number of ether oxygens (including phenoxy) is 2. The molecule has 0 spiro atoms. The first-order valence-electron chi connectivity index (χ1n) is 9.08. The van der Waals surface area contributed by atoms with Gasteiger partial charge in [-0.15, -0.1) is 13.2 Å². The molecular weight excluding hydrogens is 393 g/mol. The maximum Gasteiger partial charge on any atom is 0.573 e. The smallest absolute Gasteiger partial charge is 0.467 e. The molecule has 7 nitrogen and oxygen atoms in total. The molecule has 0 unspecified atom stereocenters. The summed E-state index contributed by atoms with van der Waals surface area (Å²) in [6.07, 6.45) is -3.79. The number of carbonyl (C=O) groups is 3. The minimum Gasteiger partial charge on any atom is -0.467 e. The molecule has 160 valence electrons. The molecule has 1 aromatic carbocycles. The van der Waals surface area contributed by atoms with Crippen molar-refractivity contribution < 1.29 is 37.0 Å². The SMILES string of the molecule is COC(=O)[C@@H]1CCCN1C(=O)[C@@H](NC(=O)c1cccc(OC(F)(F)F)c1)C(C)C. The molecular formula is C19H23F3N2O5. The summed E-state index contributed by atoms with van der Waals surface area (Å²) >= 11 is 0. The molecule has 1 saturated heterocycles. The van der Waals surface area contributed by atoms with Gasteiger partial charge in [-0.05, 0) is 37.0 Å². The van der Waals surface area contributed by atoms with Gasteiger partial charge in [0.05, 0.1) is 7.11 Å². The van der Waals surface area contributed by atoms with Crippen LogP contribution in [0.1, 0.15) is 37.0 Å². The highest BCUT2D eigenvalue weighted by Gasteiger charge is 2.39. The van der Waals surface area contributed by atoms with Gasteiger partial charge in [-0.25, -0.2) is 4.79 Å². The van der Waals surface area contributed by atoms with Gasteiger partial charge in [-0.3, -0.25) is 9.59 Å². The van der Waals surface area contributed by atoms with E-state index < -0.39 is 42.0 Å². The van der Waals surface area contributed by atoms with Crippen LogP contribution >= 0.6 is 0 Å². The lowest BCUT2D eigenvalue weighted by Gasteiger charge is -2.30. The Morgan fingerprint density at radius 1 is 1.24 bits per heavy atom. The van der Waals surface area contributed by atoms with Crippen molar-refractivity contribution in [3.63, 3.8) is 0 Å². The average molecular weight is 416 g/mol. The topological polar surface area (TPSA) is 84.9 Å². The van der Waals surface area contributed by atoms with E-state index in [0.717, 1.165) is 12.1 Å². The van der Waals surface area contributed by atoms with Gasteiger partial charge in [0.1, 0.15) is 17.8 Å². The van der Waals surface area contributed by atoms with Crippen molar-refractivity contribution in [2.24, 2.45) is 5.92 Å². The van der Waals surface area contributed by atoms with Crippen LogP contribution in [-0.2, 0) is 14.3 Å². The number of rotatable bonds is 6. The van der Waals surface area contributed by atoms with Gasteiger partial charge in [0.2, 0.25) is 5.91 Å². The molecule has 0 radical (unpaired) electrons. The summed E-state index contributed by atoms with van der Waals surface area (Å²) in [6.45, 7) is 3.79.